The van der Waals surface area contributed by atoms with Crippen LogP contribution in [0.2, 0.25) is 0 Å². The van der Waals surface area contributed by atoms with Crippen LogP contribution in [-0.2, 0) is 0 Å². The highest BCUT2D eigenvalue weighted by Crippen LogP contribution is 2.61. The first kappa shape index (κ1) is 11.0. The van der Waals surface area contributed by atoms with E-state index in [1.54, 1.807) is 0 Å². The topological polar surface area (TPSA) is 0 Å². The molecule has 0 spiro atoms. The van der Waals surface area contributed by atoms with Gasteiger partial charge in [-0.3, -0.25) is 0 Å². The molecule has 2 aliphatic carbocycles. The average molecular weight is 362 g/mol. The summed E-state index contributed by atoms with van der Waals surface area (Å²) in [6.07, 6.45) is 0. The standard InChI is InChI=1S/C16H10Br2/c17-15-11-7-3-1-5-9(11)13-14(15)10-6-2-4-8-12(10)16(13)18/h1-8,15-16H/t15-,16-/m0/s1. The zero-order valence-electron chi connectivity index (χ0n) is 9.53. The molecule has 0 heterocycles. The number of benzene rings is 2. The summed E-state index contributed by atoms with van der Waals surface area (Å²) in [4.78, 5) is 0.653. The summed E-state index contributed by atoms with van der Waals surface area (Å²) in [5.41, 5.74) is 8.42. The molecule has 0 radical (unpaired) electrons. The highest BCUT2D eigenvalue weighted by molar-refractivity contribution is 9.09. The van der Waals surface area contributed by atoms with Crippen LogP contribution >= 0.6 is 31.9 Å². The number of alkyl halides is 2. The van der Waals surface area contributed by atoms with Gasteiger partial charge in [0.15, 0.2) is 0 Å². The molecule has 0 nitrogen and oxygen atoms in total. The molecule has 2 atom stereocenters. The minimum absolute atomic E-state index is 0.326. The lowest BCUT2D eigenvalue weighted by molar-refractivity contribution is 1.24. The van der Waals surface area contributed by atoms with Crippen LogP contribution in [0.4, 0.5) is 0 Å². The molecular formula is C16H10Br2. The maximum absolute atomic E-state index is 3.86. The summed E-state index contributed by atoms with van der Waals surface area (Å²) in [5, 5.41) is 0. The largest absolute Gasteiger partial charge is 0.0786 e. The second kappa shape index (κ2) is 3.82. The van der Waals surface area contributed by atoms with Crippen molar-refractivity contribution >= 4 is 43.0 Å². The first-order valence-electron chi connectivity index (χ1n) is 6.00. The Balaban J connectivity index is 2.02. The van der Waals surface area contributed by atoms with Crippen molar-refractivity contribution in [2.45, 2.75) is 9.65 Å². The van der Waals surface area contributed by atoms with Gasteiger partial charge in [-0.25, -0.2) is 0 Å². The van der Waals surface area contributed by atoms with Crippen LogP contribution < -0.4 is 0 Å². The quantitative estimate of drug-likeness (QED) is 0.544. The Kier molecular flexibility index (Phi) is 2.33. The Morgan fingerprint density at radius 2 is 1.00 bits per heavy atom. The molecule has 0 aromatic heterocycles. The Morgan fingerprint density at radius 1 is 0.611 bits per heavy atom. The molecule has 0 aliphatic heterocycles. The van der Waals surface area contributed by atoms with Crippen molar-refractivity contribution in [1.82, 2.24) is 0 Å². The second-order valence-corrected chi connectivity index (χ2v) is 6.56. The molecule has 88 valence electrons. The zero-order valence-corrected chi connectivity index (χ0v) is 12.7. The van der Waals surface area contributed by atoms with Crippen molar-refractivity contribution in [2.75, 3.05) is 0 Å². The van der Waals surface area contributed by atoms with Crippen LogP contribution in [0, 0.1) is 0 Å². The van der Waals surface area contributed by atoms with E-state index in [1.807, 2.05) is 0 Å². The third kappa shape index (κ3) is 1.25. The number of hydrogen-bond donors (Lipinski definition) is 0. The van der Waals surface area contributed by atoms with Gasteiger partial charge in [0.05, 0.1) is 9.65 Å². The fraction of sp³-hybridized carbons (Fsp3) is 0.125. The van der Waals surface area contributed by atoms with Gasteiger partial charge in [-0.2, -0.15) is 0 Å². The van der Waals surface area contributed by atoms with E-state index < -0.39 is 0 Å². The van der Waals surface area contributed by atoms with Gasteiger partial charge in [0, 0.05) is 0 Å². The molecule has 18 heavy (non-hydrogen) atoms. The monoisotopic (exact) mass is 360 g/mol. The molecule has 2 aromatic carbocycles. The lowest BCUT2D eigenvalue weighted by Gasteiger charge is -2.13. The van der Waals surface area contributed by atoms with Crippen molar-refractivity contribution in [2.24, 2.45) is 0 Å². The Hall–Kier alpha value is -0.860. The highest BCUT2D eigenvalue weighted by Gasteiger charge is 2.39. The molecule has 0 saturated heterocycles. The summed E-state index contributed by atoms with van der Waals surface area (Å²) >= 11 is 7.73. The summed E-state index contributed by atoms with van der Waals surface area (Å²) in [5.74, 6) is 0. The third-order valence-corrected chi connectivity index (χ3v) is 5.75. The van der Waals surface area contributed by atoms with Crippen molar-refractivity contribution in [3.8, 4) is 0 Å². The summed E-state index contributed by atoms with van der Waals surface area (Å²) in [6, 6.07) is 17.4. The van der Waals surface area contributed by atoms with E-state index >= 15 is 0 Å². The molecule has 0 unspecified atom stereocenters. The van der Waals surface area contributed by atoms with E-state index in [2.05, 4.69) is 80.4 Å². The van der Waals surface area contributed by atoms with Crippen molar-refractivity contribution in [3.05, 3.63) is 70.8 Å². The van der Waals surface area contributed by atoms with E-state index in [0.29, 0.717) is 9.65 Å². The molecule has 2 heteroatoms. The molecule has 0 fully saturated rings. The van der Waals surface area contributed by atoms with Gasteiger partial charge < -0.3 is 0 Å². The number of fused-ring (bicyclic) bond motifs is 4. The van der Waals surface area contributed by atoms with E-state index in [-0.39, 0.29) is 0 Å². The number of rotatable bonds is 0. The summed E-state index contributed by atoms with van der Waals surface area (Å²) < 4.78 is 0. The van der Waals surface area contributed by atoms with E-state index in [0.717, 1.165) is 0 Å². The average Bonchev–Trinajstić information content (AvgIpc) is 2.87. The van der Waals surface area contributed by atoms with Crippen molar-refractivity contribution in [1.29, 1.82) is 0 Å². The Bertz CT molecular complexity index is 626. The Morgan fingerprint density at radius 3 is 1.44 bits per heavy atom. The predicted molar refractivity (Wildman–Crippen MR) is 83.0 cm³/mol. The first-order valence-corrected chi connectivity index (χ1v) is 7.83. The molecular weight excluding hydrogens is 352 g/mol. The minimum atomic E-state index is 0.326. The minimum Gasteiger partial charge on any atom is -0.0786 e. The van der Waals surface area contributed by atoms with Crippen LogP contribution in [0.3, 0.4) is 0 Å². The normalized spacial score (nSPS) is 23.9. The SMILES string of the molecule is Br[C@@H]1C2=C(c3ccccc31)[C@@H](Br)c1ccccc12. The van der Waals surface area contributed by atoms with Gasteiger partial charge in [-0.05, 0) is 33.4 Å². The molecule has 2 aliphatic rings. The van der Waals surface area contributed by atoms with Crippen LogP contribution in [-0.4, -0.2) is 0 Å². The van der Waals surface area contributed by atoms with Gasteiger partial charge in [0.1, 0.15) is 0 Å². The smallest absolute Gasteiger partial charge is 0.0659 e. The van der Waals surface area contributed by atoms with Gasteiger partial charge in [-0.15, -0.1) is 0 Å². The van der Waals surface area contributed by atoms with Crippen molar-refractivity contribution in [3.63, 3.8) is 0 Å². The van der Waals surface area contributed by atoms with Gasteiger partial charge in [-0.1, -0.05) is 80.4 Å². The van der Waals surface area contributed by atoms with E-state index in [1.165, 1.54) is 33.4 Å². The third-order valence-electron chi connectivity index (χ3n) is 3.85. The molecule has 0 bridgehead atoms. The Labute approximate surface area is 123 Å². The number of halogens is 2. The van der Waals surface area contributed by atoms with Crippen LogP contribution in [0.1, 0.15) is 31.9 Å². The zero-order chi connectivity index (χ0) is 12.3. The molecule has 0 saturated carbocycles. The van der Waals surface area contributed by atoms with Crippen molar-refractivity contribution < 1.29 is 0 Å². The van der Waals surface area contributed by atoms with Gasteiger partial charge in [0.2, 0.25) is 0 Å². The maximum atomic E-state index is 3.86. The van der Waals surface area contributed by atoms with Crippen LogP contribution in [0.25, 0.3) is 11.1 Å². The van der Waals surface area contributed by atoms with E-state index in [4.69, 9.17) is 0 Å². The number of hydrogen-bond acceptors (Lipinski definition) is 0. The maximum Gasteiger partial charge on any atom is 0.0659 e. The first-order chi connectivity index (χ1) is 8.79. The van der Waals surface area contributed by atoms with Crippen LogP contribution in [0.15, 0.2) is 48.5 Å². The summed E-state index contributed by atoms with van der Waals surface area (Å²) in [6.45, 7) is 0. The highest BCUT2D eigenvalue weighted by atomic mass is 79.9. The lowest BCUT2D eigenvalue weighted by Crippen LogP contribution is -1.94. The molecule has 0 N–H and O–H groups in total. The van der Waals surface area contributed by atoms with E-state index in [9.17, 15) is 0 Å². The molecule has 0 amide bonds. The lowest BCUT2D eigenvalue weighted by atomic mass is 9.99. The number of allylic oxidation sites excluding steroid dienone is 2. The second-order valence-electron chi connectivity index (χ2n) is 4.73. The molecule has 2 aromatic rings. The summed E-state index contributed by atoms with van der Waals surface area (Å²) in [7, 11) is 0. The predicted octanol–water partition coefficient (Wildman–Crippen LogP) is 5.50. The fourth-order valence-electron chi connectivity index (χ4n) is 3.07. The fourth-order valence-corrected chi connectivity index (χ4v) is 4.86. The van der Waals surface area contributed by atoms with Crippen LogP contribution in [0.5, 0.6) is 0 Å². The molecule has 4 rings (SSSR count). The van der Waals surface area contributed by atoms with Gasteiger partial charge in [0.25, 0.3) is 0 Å². The van der Waals surface area contributed by atoms with Gasteiger partial charge >= 0.3 is 0 Å².